The van der Waals surface area contributed by atoms with Crippen LogP contribution in [0.1, 0.15) is 0 Å². The van der Waals surface area contributed by atoms with Crippen molar-refractivity contribution < 1.29 is 5.23 Å². The van der Waals surface area contributed by atoms with Crippen molar-refractivity contribution >= 4 is 7.41 Å². The minimum atomic E-state index is 1.43. The highest BCUT2D eigenvalue weighted by atomic mass is 14.7. The van der Waals surface area contributed by atoms with Crippen molar-refractivity contribution in [2.75, 3.05) is 7.05 Å². The first-order valence-corrected chi connectivity index (χ1v) is 1.42. The molecule has 2 nitrogen and oxygen atoms in total. The Bertz CT molecular complexity index is 46.1. The van der Waals surface area contributed by atoms with Crippen LogP contribution in [-0.4, -0.2) is 14.5 Å². The fraction of sp³-hybridized carbons (Fsp3) is 0.500. The minimum absolute atomic E-state index is 1.43. The minimum Gasteiger partial charge on any atom is -0.572 e. The molecule has 0 saturated carbocycles. The molecule has 0 heterocycles. The highest BCUT2D eigenvalue weighted by molar-refractivity contribution is 6.34. The summed E-state index contributed by atoms with van der Waals surface area (Å²) in [4.78, 5) is 0. The second-order valence-electron chi connectivity index (χ2n) is 0.629. The average Bonchev–Trinajstić information content (AvgIpc) is 1.41. The summed E-state index contributed by atoms with van der Waals surface area (Å²) in [5.41, 5.74) is 0. The van der Waals surface area contributed by atoms with Gasteiger partial charge in [-0.1, -0.05) is 0 Å². The van der Waals surface area contributed by atoms with E-state index in [0.717, 1.165) is 0 Å². The van der Waals surface area contributed by atoms with Crippen molar-refractivity contribution in [2.24, 2.45) is 0 Å². The maximum absolute atomic E-state index is 7.73. The molecule has 0 aromatic rings. The van der Waals surface area contributed by atoms with Crippen LogP contribution in [0.25, 0.3) is 0 Å². The molecule has 0 aromatic carbocycles. The summed E-state index contributed by atoms with van der Waals surface area (Å²) in [6.07, 6.45) is 0. The maximum Gasteiger partial charge on any atom is 0.123 e. The largest absolute Gasteiger partial charge is 0.572 e. The van der Waals surface area contributed by atoms with Crippen molar-refractivity contribution in [1.29, 1.82) is 5.26 Å². The summed E-state index contributed by atoms with van der Waals surface area (Å²) in [5, 5.41) is 9.42. The van der Waals surface area contributed by atoms with Crippen LogP contribution in [0.4, 0.5) is 0 Å². The Hall–Kier alpha value is -0.485. The zero-order valence-corrected chi connectivity index (χ0v) is 3.10. The molecule has 0 bridgehead atoms. The number of hydrogen-bond donors (Lipinski definition) is 1. The Kier molecular flexibility index (Phi) is 3.17. The Balaban J connectivity index is 2.48. The van der Waals surface area contributed by atoms with E-state index in [9.17, 15) is 0 Å². The van der Waals surface area contributed by atoms with E-state index >= 15 is 0 Å². The summed E-state index contributed by atoms with van der Waals surface area (Å²) >= 11 is 0. The lowest BCUT2D eigenvalue weighted by Crippen LogP contribution is -2.82. The number of hydrogen-bond acceptors (Lipinski definition) is 1. The molecule has 0 aliphatic rings. The standard InChI is InChI=1S/C2H5BN2/c1-5-3-2-4/h5H2,1H3. The van der Waals surface area contributed by atoms with Crippen LogP contribution >= 0.6 is 0 Å². The SMILES string of the molecule is C[NH2+][B-]C#N. The van der Waals surface area contributed by atoms with Gasteiger partial charge in [-0.3, -0.25) is 0 Å². The van der Waals surface area contributed by atoms with Gasteiger partial charge in [-0.15, -0.1) is 5.97 Å². The van der Waals surface area contributed by atoms with Crippen molar-refractivity contribution in [2.45, 2.75) is 0 Å². The van der Waals surface area contributed by atoms with E-state index in [-0.39, 0.29) is 0 Å². The Morgan fingerprint density at radius 3 is 2.60 bits per heavy atom. The first-order valence-electron chi connectivity index (χ1n) is 1.42. The molecule has 0 fully saturated rings. The van der Waals surface area contributed by atoms with E-state index in [1.165, 1.54) is 7.41 Å². The van der Waals surface area contributed by atoms with E-state index in [0.29, 0.717) is 0 Å². The molecule has 0 aliphatic heterocycles. The predicted octanol–water partition coefficient (Wildman–Crippen LogP) is -1.72. The lowest BCUT2D eigenvalue weighted by molar-refractivity contribution is -0.476. The smallest absolute Gasteiger partial charge is 0.123 e. The van der Waals surface area contributed by atoms with Crippen molar-refractivity contribution in [3.8, 4) is 5.97 Å². The molecule has 0 saturated heterocycles. The Morgan fingerprint density at radius 2 is 2.60 bits per heavy atom. The summed E-state index contributed by atoms with van der Waals surface area (Å²) in [5.74, 6) is 1.84. The van der Waals surface area contributed by atoms with Gasteiger partial charge in [0.15, 0.2) is 0 Å². The van der Waals surface area contributed by atoms with Gasteiger partial charge >= 0.3 is 0 Å². The number of quaternary nitrogens is 1. The van der Waals surface area contributed by atoms with Crippen LogP contribution in [0.15, 0.2) is 0 Å². The number of nitriles is 1. The van der Waals surface area contributed by atoms with E-state index < -0.39 is 0 Å². The van der Waals surface area contributed by atoms with E-state index in [2.05, 4.69) is 0 Å². The first kappa shape index (κ1) is 4.51. The third-order valence-electron chi connectivity index (χ3n) is 0.241. The van der Waals surface area contributed by atoms with E-state index in [4.69, 9.17) is 5.26 Å². The van der Waals surface area contributed by atoms with Crippen LogP contribution in [0.2, 0.25) is 0 Å². The molecule has 0 unspecified atom stereocenters. The lowest BCUT2D eigenvalue weighted by Gasteiger charge is -1.86. The van der Waals surface area contributed by atoms with Gasteiger partial charge < -0.3 is 5.23 Å². The quantitative estimate of drug-likeness (QED) is 0.365. The highest BCUT2D eigenvalue weighted by Crippen LogP contribution is 1.17. The van der Waals surface area contributed by atoms with Crippen molar-refractivity contribution in [3.63, 3.8) is 0 Å². The fourth-order valence-electron chi connectivity index (χ4n) is 0.0745. The van der Waals surface area contributed by atoms with Gasteiger partial charge in [0.2, 0.25) is 0 Å². The highest BCUT2D eigenvalue weighted by Gasteiger charge is 1.51. The zero-order valence-electron chi connectivity index (χ0n) is 3.10. The Morgan fingerprint density at radius 1 is 2.00 bits per heavy atom. The van der Waals surface area contributed by atoms with Gasteiger partial charge in [0.25, 0.3) is 0 Å². The molecule has 2 N–H and O–H groups in total. The zero-order chi connectivity index (χ0) is 4.12. The van der Waals surface area contributed by atoms with Crippen LogP contribution in [-0.2, 0) is 0 Å². The molecule has 26 valence electrons. The molecule has 0 amide bonds. The number of nitrogens with two attached hydrogens (primary N) is 1. The van der Waals surface area contributed by atoms with Crippen LogP contribution in [0.3, 0.4) is 0 Å². The van der Waals surface area contributed by atoms with Gasteiger partial charge in [0.1, 0.15) is 7.41 Å². The van der Waals surface area contributed by atoms with Crippen LogP contribution in [0.5, 0.6) is 0 Å². The van der Waals surface area contributed by atoms with Gasteiger partial charge in [-0.2, -0.15) is 0 Å². The summed E-state index contributed by atoms with van der Waals surface area (Å²) in [6, 6.07) is 0. The monoisotopic (exact) mass is 68.1 g/mol. The average molecular weight is 67.9 g/mol. The molecule has 2 radical (unpaired) electrons. The second-order valence-corrected chi connectivity index (χ2v) is 0.629. The molecule has 3 heteroatoms. The maximum atomic E-state index is 7.73. The number of rotatable bonds is 1. The van der Waals surface area contributed by atoms with E-state index in [1.54, 1.807) is 5.23 Å². The predicted molar refractivity (Wildman–Crippen MR) is 19.2 cm³/mol. The molecule has 5 heavy (non-hydrogen) atoms. The molecule has 0 aliphatic carbocycles. The van der Waals surface area contributed by atoms with Crippen LogP contribution < -0.4 is 5.23 Å². The normalized spacial score (nSPS) is 6.40. The summed E-state index contributed by atoms with van der Waals surface area (Å²) < 4.78 is 0. The molecule has 0 atom stereocenters. The van der Waals surface area contributed by atoms with E-state index in [1.807, 2.05) is 13.0 Å². The van der Waals surface area contributed by atoms with Gasteiger partial charge in [0, 0.05) is 7.05 Å². The van der Waals surface area contributed by atoms with Gasteiger partial charge in [-0.25, -0.2) is 5.26 Å². The topological polar surface area (TPSA) is 40.4 Å². The Labute approximate surface area is 32.1 Å². The third-order valence-corrected chi connectivity index (χ3v) is 0.241. The van der Waals surface area contributed by atoms with Crippen molar-refractivity contribution in [3.05, 3.63) is 0 Å². The molecular weight excluding hydrogens is 62.8 g/mol. The summed E-state index contributed by atoms with van der Waals surface area (Å²) in [6.45, 7) is 0. The number of nitrogens with zero attached hydrogens (tertiary/aromatic N) is 1. The lowest BCUT2D eigenvalue weighted by atomic mass is 10.0. The fourth-order valence-corrected chi connectivity index (χ4v) is 0.0745. The molecule has 0 rings (SSSR count). The second kappa shape index (κ2) is 3.51. The first-order chi connectivity index (χ1) is 2.41. The molecular formula is C2H5BN2. The third kappa shape index (κ3) is 3.51. The summed E-state index contributed by atoms with van der Waals surface area (Å²) in [7, 11) is 3.24. The van der Waals surface area contributed by atoms with Gasteiger partial charge in [-0.05, 0) is 0 Å². The van der Waals surface area contributed by atoms with Gasteiger partial charge in [0.05, 0.1) is 0 Å². The molecule has 0 spiro atoms. The molecule has 0 aromatic heterocycles. The van der Waals surface area contributed by atoms with Crippen LogP contribution in [0, 0.1) is 11.2 Å². The van der Waals surface area contributed by atoms with Crippen molar-refractivity contribution in [1.82, 2.24) is 0 Å².